The third kappa shape index (κ3) is 4.26. The minimum absolute atomic E-state index is 0.0183. The third-order valence-electron chi connectivity index (χ3n) is 6.96. The predicted octanol–water partition coefficient (Wildman–Crippen LogP) is 1.44. The highest BCUT2D eigenvalue weighted by Gasteiger charge is 2.34. The first-order valence-electron chi connectivity index (χ1n) is 11.6. The van der Waals surface area contributed by atoms with Crippen LogP contribution >= 0.6 is 0 Å². The first-order valence-corrected chi connectivity index (χ1v) is 11.6. The molecule has 0 N–H and O–H groups in total. The van der Waals surface area contributed by atoms with E-state index in [1.807, 2.05) is 15.5 Å². The number of rotatable bonds is 5. The van der Waals surface area contributed by atoms with Gasteiger partial charge in [-0.3, -0.25) is 14.3 Å². The van der Waals surface area contributed by atoms with E-state index in [-0.39, 0.29) is 11.6 Å². The van der Waals surface area contributed by atoms with E-state index in [9.17, 15) is 9.59 Å². The molecule has 1 saturated carbocycles. The second kappa shape index (κ2) is 8.49. The highest BCUT2D eigenvalue weighted by molar-refractivity contribution is 5.78. The summed E-state index contributed by atoms with van der Waals surface area (Å²) >= 11 is 0. The van der Waals surface area contributed by atoms with Gasteiger partial charge in [-0.2, -0.15) is 5.10 Å². The minimum Gasteiger partial charge on any atom is -0.368 e. The molecule has 5 rings (SSSR count). The summed E-state index contributed by atoms with van der Waals surface area (Å²) in [5, 5.41) is 4.56. The van der Waals surface area contributed by atoms with Gasteiger partial charge in [0, 0.05) is 50.9 Å². The molecular weight excluding hydrogens is 392 g/mol. The topological polar surface area (TPSA) is 66.6 Å². The maximum absolute atomic E-state index is 12.9. The lowest BCUT2D eigenvalue weighted by molar-refractivity contribution is -0.133. The van der Waals surface area contributed by atoms with Crippen LogP contribution in [-0.2, 0) is 11.8 Å². The number of hydrogen-bond donors (Lipinski definition) is 0. The van der Waals surface area contributed by atoms with Gasteiger partial charge in [0.25, 0.3) is 0 Å². The molecule has 31 heavy (non-hydrogen) atoms. The van der Waals surface area contributed by atoms with E-state index < -0.39 is 0 Å². The molecule has 8 heteroatoms. The fourth-order valence-corrected chi connectivity index (χ4v) is 4.95. The first-order chi connectivity index (χ1) is 15.1. The molecule has 2 aliphatic heterocycles. The molecule has 2 aromatic rings. The van der Waals surface area contributed by atoms with E-state index in [4.69, 9.17) is 0 Å². The van der Waals surface area contributed by atoms with Crippen LogP contribution in [0.25, 0.3) is 0 Å². The number of aromatic nitrogens is 3. The van der Waals surface area contributed by atoms with Crippen molar-refractivity contribution in [2.24, 2.45) is 7.05 Å². The molecule has 3 fully saturated rings. The fraction of sp³-hybridized carbons (Fsp3) is 0.609. The number of anilines is 1. The number of carbonyl (C=O) groups excluding carboxylic acids is 1. The number of benzene rings is 1. The van der Waals surface area contributed by atoms with Gasteiger partial charge in [-0.1, -0.05) is 18.2 Å². The van der Waals surface area contributed by atoms with Crippen molar-refractivity contribution in [3.63, 3.8) is 0 Å². The van der Waals surface area contributed by atoms with E-state index in [1.54, 1.807) is 7.05 Å². The Morgan fingerprint density at radius 1 is 0.968 bits per heavy atom. The van der Waals surface area contributed by atoms with Crippen LogP contribution in [0.4, 0.5) is 5.69 Å². The van der Waals surface area contributed by atoms with Gasteiger partial charge in [-0.15, -0.1) is 0 Å². The van der Waals surface area contributed by atoms with Crippen molar-refractivity contribution in [2.45, 2.75) is 37.6 Å². The van der Waals surface area contributed by atoms with Crippen molar-refractivity contribution in [1.82, 2.24) is 24.1 Å². The molecular formula is C23H32N6O2. The van der Waals surface area contributed by atoms with E-state index in [2.05, 4.69) is 39.2 Å². The lowest BCUT2D eigenvalue weighted by atomic mass is 9.96. The Bertz CT molecular complexity index is 964. The number of para-hydroxylation sites is 1. The van der Waals surface area contributed by atoms with Crippen LogP contribution in [0.15, 0.2) is 35.1 Å². The molecule has 1 amide bonds. The summed E-state index contributed by atoms with van der Waals surface area (Å²) in [4.78, 5) is 31.9. The van der Waals surface area contributed by atoms with Crippen molar-refractivity contribution in [1.29, 1.82) is 0 Å². The average molecular weight is 425 g/mol. The van der Waals surface area contributed by atoms with Crippen LogP contribution < -0.4 is 10.6 Å². The minimum atomic E-state index is 0.0183. The molecule has 0 radical (unpaired) electrons. The summed E-state index contributed by atoms with van der Waals surface area (Å²) in [6, 6.07) is 10.8. The normalized spacial score (nSPS) is 20.9. The monoisotopic (exact) mass is 424 g/mol. The number of piperazine rings is 1. The van der Waals surface area contributed by atoms with Gasteiger partial charge in [-0.25, -0.2) is 9.48 Å². The molecule has 2 saturated heterocycles. The van der Waals surface area contributed by atoms with Gasteiger partial charge in [0.05, 0.1) is 6.54 Å². The van der Waals surface area contributed by atoms with E-state index in [1.165, 1.54) is 10.4 Å². The lowest BCUT2D eigenvalue weighted by Crippen LogP contribution is -2.52. The highest BCUT2D eigenvalue weighted by atomic mass is 16.2. The number of hydrogen-bond acceptors (Lipinski definition) is 5. The van der Waals surface area contributed by atoms with Gasteiger partial charge in [0.2, 0.25) is 5.91 Å². The Morgan fingerprint density at radius 3 is 2.29 bits per heavy atom. The van der Waals surface area contributed by atoms with Crippen LogP contribution in [0.2, 0.25) is 0 Å². The molecule has 8 nitrogen and oxygen atoms in total. The molecule has 166 valence electrons. The van der Waals surface area contributed by atoms with Gasteiger partial charge in [0.15, 0.2) is 0 Å². The summed E-state index contributed by atoms with van der Waals surface area (Å²) in [7, 11) is 1.75. The Balaban J connectivity index is 1.12. The van der Waals surface area contributed by atoms with Crippen LogP contribution in [0.3, 0.4) is 0 Å². The Kier molecular flexibility index (Phi) is 5.56. The Morgan fingerprint density at radius 2 is 1.65 bits per heavy atom. The van der Waals surface area contributed by atoms with Crippen LogP contribution in [0.1, 0.15) is 43.5 Å². The number of piperidine rings is 1. The highest BCUT2D eigenvalue weighted by Crippen LogP contribution is 2.37. The molecule has 1 aliphatic carbocycles. The second-order valence-corrected chi connectivity index (χ2v) is 9.12. The number of nitrogens with zero attached hydrogens (tertiary/aromatic N) is 6. The van der Waals surface area contributed by atoms with E-state index >= 15 is 0 Å². The summed E-state index contributed by atoms with van der Waals surface area (Å²) in [5.74, 6) is 1.51. The van der Waals surface area contributed by atoms with Crippen molar-refractivity contribution in [3.8, 4) is 0 Å². The van der Waals surface area contributed by atoms with Crippen LogP contribution in [0, 0.1) is 0 Å². The van der Waals surface area contributed by atoms with Crippen molar-refractivity contribution in [3.05, 3.63) is 46.6 Å². The number of carbonyl (C=O) groups is 1. The van der Waals surface area contributed by atoms with Crippen molar-refractivity contribution >= 4 is 11.6 Å². The largest absolute Gasteiger partial charge is 0.368 e. The predicted molar refractivity (Wildman–Crippen MR) is 119 cm³/mol. The molecule has 1 aromatic heterocycles. The standard InChI is InChI=1S/C23H32N6O2/c1-25-23(31)29(20-7-8-20)22(24-25)18-9-11-26(12-10-18)17-21(30)28-15-13-27(14-16-28)19-5-3-2-4-6-19/h2-6,18,20H,7-17H2,1H3. The van der Waals surface area contributed by atoms with E-state index in [0.29, 0.717) is 18.5 Å². The van der Waals surface area contributed by atoms with Crippen molar-refractivity contribution in [2.75, 3.05) is 50.7 Å². The molecule has 0 spiro atoms. The maximum atomic E-state index is 12.9. The molecule has 1 aromatic carbocycles. The zero-order valence-corrected chi connectivity index (χ0v) is 18.3. The smallest absolute Gasteiger partial charge is 0.345 e. The van der Waals surface area contributed by atoms with Crippen molar-refractivity contribution < 1.29 is 4.79 Å². The summed E-state index contributed by atoms with van der Waals surface area (Å²) in [6.45, 7) is 5.60. The van der Waals surface area contributed by atoms with Gasteiger partial charge >= 0.3 is 5.69 Å². The van der Waals surface area contributed by atoms with Gasteiger partial charge in [-0.05, 0) is 50.9 Å². The van der Waals surface area contributed by atoms with Crippen LogP contribution in [0.5, 0.6) is 0 Å². The SMILES string of the molecule is Cn1nc(C2CCN(CC(=O)N3CCN(c4ccccc4)CC3)CC2)n(C2CC2)c1=O. The molecule has 0 atom stereocenters. The number of likely N-dealkylation sites (tertiary alicyclic amines) is 1. The zero-order chi connectivity index (χ0) is 21.4. The maximum Gasteiger partial charge on any atom is 0.345 e. The summed E-state index contributed by atoms with van der Waals surface area (Å²) < 4.78 is 3.41. The molecule has 3 aliphatic rings. The number of aryl methyl sites for hydroxylation is 1. The molecule has 3 heterocycles. The summed E-state index contributed by atoms with van der Waals surface area (Å²) in [6.07, 6.45) is 4.09. The van der Waals surface area contributed by atoms with Gasteiger partial charge in [0.1, 0.15) is 5.82 Å². The third-order valence-corrected chi connectivity index (χ3v) is 6.96. The second-order valence-electron chi connectivity index (χ2n) is 9.12. The van der Waals surface area contributed by atoms with E-state index in [0.717, 1.165) is 70.8 Å². The molecule has 0 bridgehead atoms. The summed E-state index contributed by atoms with van der Waals surface area (Å²) in [5.41, 5.74) is 1.25. The van der Waals surface area contributed by atoms with Crippen LogP contribution in [-0.4, -0.2) is 75.9 Å². The number of amides is 1. The fourth-order valence-electron chi connectivity index (χ4n) is 4.95. The Labute approximate surface area is 183 Å². The molecule has 0 unspecified atom stereocenters. The Hall–Kier alpha value is -2.61. The zero-order valence-electron chi connectivity index (χ0n) is 18.3. The lowest BCUT2D eigenvalue weighted by Gasteiger charge is -2.38. The quantitative estimate of drug-likeness (QED) is 0.727. The van der Waals surface area contributed by atoms with Gasteiger partial charge < -0.3 is 9.80 Å². The average Bonchev–Trinajstić information content (AvgIpc) is 3.60. The first kappa shape index (κ1) is 20.3.